The zero-order valence-corrected chi connectivity index (χ0v) is 19.2. The van der Waals surface area contributed by atoms with E-state index in [9.17, 15) is 4.79 Å². The van der Waals surface area contributed by atoms with Crippen molar-refractivity contribution < 1.29 is 14.3 Å². The first-order chi connectivity index (χ1) is 16.1. The SMILES string of the molecule is CC(C)NC(=O)Nc1ccc(-c2nc(N3CCOCC3)nc(N3C4CCC3COC4)n2)cc1. The van der Waals surface area contributed by atoms with Gasteiger partial charge in [-0.15, -0.1) is 0 Å². The molecule has 10 heteroatoms. The summed E-state index contributed by atoms with van der Waals surface area (Å²) in [7, 11) is 0. The van der Waals surface area contributed by atoms with Crippen LogP contribution in [0.1, 0.15) is 26.7 Å². The molecule has 3 aliphatic rings. The standard InChI is InChI=1S/C23H31N7O3/c1-15(2)24-23(31)25-17-5-3-16(4-6-17)20-26-21(29-9-11-32-12-10-29)28-22(27-20)30-18-7-8-19(30)14-33-13-18/h3-6,15,18-19H,7-14H2,1-2H3,(H2,24,25,31). The highest BCUT2D eigenvalue weighted by molar-refractivity contribution is 5.89. The molecule has 3 fully saturated rings. The maximum Gasteiger partial charge on any atom is 0.319 e. The summed E-state index contributed by atoms with van der Waals surface area (Å²) in [4.78, 5) is 31.1. The smallest absolute Gasteiger partial charge is 0.319 e. The van der Waals surface area contributed by atoms with Gasteiger partial charge in [-0.1, -0.05) is 0 Å². The molecule has 5 rings (SSSR count). The molecule has 2 unspecified atom stereocenters. The Hall–Kier alpha value is -2.98. The van der Waals surface area contributed by atoms with Gasteiger partial charge in [0.1, 0.15) is 0 Å². The van der Waals surface area contributed by atoms with Gasteiger partial charge in [-0.05, 0) is 51.0 Å². The molecule has 0 radical (unpaired) electrons. The minimum Gasteiger partial charge on any atom is -0.378 e. The van der Waals surface area contributed by atoms with Crippen LogP contribution in [0.2, 0.25) is 0 Å². The molecule has 10 nitrogen and oxygen atoms in total. The van der Waals surface area contributed by atoms with Crippen molar-refractivity contribution in [2.75, 3.05) is 54.6 Å². The maximum atomic E-state index is 12.0. The fraction of sp³-hybridized carbons (Fsp3) is 0.565. The molecule has 1 aromatic carbocycles. The maximum absolute atomic E-state index is 12.0. The number of fused-ring (bicyclic) bond motifs is 2. The van der Waals surface area contributed by atoms with E-state index >= 15 is 0 Å². The van der Waals surface area contributed by atoms with Crippen LogP contribution in [0.4, 0.5) is 22.4 Å². The van der Waals surface area contributed by atoms with E-state index in [-0.39, 0.29) is 12.1 Å². The van der Waals surface area contributed by atoms with Gasteiger partial charge in [0.2, 0.25) is 11.9 Å². The van der Waals surface area contributed by atoms with E-state index in [2.05, 4.69) is 20.4 Å². The number of hydrogen-bond donors (Lipinski definition) is 2. The topological polar surface area (TPSA) is 105 Å². The molecule has 2 atom stereocenters. The summed E-state index contributed by atoms with van der Waals surface area (Å²) >= 11 is 0. The summed E-state index contributed by atoms with van der Waals surface area (Å²) in [6.45, 7) is 8.11. The Balaban J connectivity index is 1.44. The van der Waals surface area contributed by atoms with Crippen LogP contribution in [0.3, 0.4) is 0 Å². The number of ether oxygens (including phenoxy) is 2. The fourth-order valence-corrected chi connectivity index (χ4v) is 4.59. The molecule has 1 aromatic heterocycles. The number of rotatable bonds is 5. The van der Waals surface area contributed by atoms with Gasteiger partial charge in [0, 0.05) is 30.4 Å². The Labute approximate surface area is 193 Å². The number of anilines is 3. The van der Waals surface area contributed by atoms with Crippen LogP contribution in [0.25, 0.3) is 11.4 Å². The summed E-state index contributed by atoms with van der Waals surface area (Å²) in [5.41, 5.74) is 1.59. The number of urea groups is 1. The molecule has 0 spiro atoms. The Kier molecular flexibility index (Phi) is 6.28. The highest BCUT2D eigenvalue weighted by Gasteiger charge is 2.39. The molecule has 2 aromatic rings. The van der Waals surface area contributed by atoms with Crippen LogP contribution >= 0.6 is 0 Å². The highest BCUT2D eigenvalue weighted by Crippen LogP contribution is 2.33. The lowest BCUT2D eigenvalue weighted by Gasteiger charge is -2.35. The number of carbonyl (C=O) groups excluding carboxylic acids is 1. The van der Waals surface area contributed by atoms with E-state index in [1.807, 2.05) is 38.1 Å². The largest absolute Gasteiger partial charge is 0.378 e. The van der Waals surface area contributed by atoms with Crippen molar-refractivity contribution in [3.63, 3.8) is 0 Å². The predicted octanol–water partition coefficient (Wildman–Crippen LogP) is 2.27. The molecule has 176 valence electrons. The van der Waals surface area contributed by atoms with Crippen molar-refractivity contribution >= 4 is 23.6 Å². The molecule has 33 heavy (non-hydrogen) atoms. The highest BCUT2D eigenvalue weighted by atomic mass is 16.5. The van der Waals surface area contributed by atoms with Gasteiger partial charge in [0.15, 0.2) is 5.82 Å². The van der Waals surface area contributed by atoms with E-state index in [0.717, 1.165) is 37.4 Å². The molecule has 4 heterocycles. The summed E-state index contributed by atoms with van der Waals surface area (Å²) in [5, 5.41) is 5.68. The van der Waals surface area contributed by atoms with Crippen molar-refractivity contribution in [1.82, 2.24) is 20.3 Å². The molecule has 2 N–H and O–H groups in total. The number of amides is 2. The Morgan fingerprint density at radius 2 is 1.64 bits per heavy atom. The minimum atomic E-state index is -0.224. The van der Waals surface area contributed by atoms with Crippen LogP contribution in [-0.4, -0.2) is 78.6 Å². The lowest BCUT2D eigenvalue weighted by atomic mass is 10.2. The van der Waals surface area contributed by atoms with Gasteiger partial charge in [0.05, 0.1) is 38.5 Å². The molecule has 0 aliphatic carbocycles. The van der Waals surface area contributed by atoms with Gasteiger partial charge in [-0.3, -0.25) is 0 Å². The normalized spacial score (nSPS) is 22.5. The van der Waals surface area contributed by atoms with E-state index < -0.39 is 0 Å². The van der Waals surface area contributed by atoms with Gasteiger partial charge < -0.3 is 29.9 Å². The number of nitrogens with zero attached hydrogens (tertiary/aromatic N) is 5. The zero-order valence-electron chi connectivity index (χ0n) is 19.2. The number of carbonyl (C=O) groups is 1. The Morgan fingerprint density at radius 1 is 0.970 bits per heavy atom. The number of morpholine rings is 2. The molecule has 3 aliphatic heterocycles. The Morgan fingerprint density at radius 3 is 2.30 bits per heavy atom. The predicted molar refractivity (Wildman–Crippen MR) is 126 cm³/mol. The van der Waals surface area contributed by atoms with Crippen LogP contribution in [0, 0.1) is 0 Å². The zero-order chi connectivity index (χ0) is 22.8. The molecule has 3 saturated heterocycles. The quantitative estimate of drug-likeness (QED) is 0.711. The van der Waals surface area contributed by atoms with Crippen molar-refractivity contribution in [3.8, 4) is 11.4 Å². The van der Waals surface area contributed by atoms with Crippen LogP contribution < -0.4 is 20.4 Å². The average Bonchev–Trinajstić information content (AvgIpc) is 3.07. The van der Waals surface area contributed by atoms with Crippen LogP contribution in [-0.2, 0) is 9.47 Å². The van der Waals surface area contributed by atoms with E-state index in [1.165, 1.54) is 0 Å². The second-order valence-corrected chi connectivity index (χ2v) is 9.02. The first kappa shape index (κ1) is 21.8. The molecule has 2 amide bonds. The summed E-state index contributed by atoms with van der Waals surface area (Å²) in [6.07, 6.45) is 2.19. The summed E-state index contributed by atoms with van der Waals surface area (Å²) < 4.78 is 11.3. The monoisotopic (exact) mass is 453 g/mol. The van der Waals surface area contributed by atoms with Crippen molar-refractivity contribution in [2.45, 2.75) is 44.8 Å². The van der Waals surface area contributed by atoms with Crippen molar-refractivity contribution in [1.29, 1.82) is 0 Å². The number of hydrogen-bond acceptors (Lipinski definition) is 8. The second-order valence-electron chi connectivity index (χ2n) is 9.02. The van der Waals surface area contributed by atoms with E-state index in [4.69, 9.17) is 24.4 Å². The van der Waals surface area contributed by atoms with Gasteiger partial charge in [0.25, 0.3) is 0 Å². The third-order valence-corrected chi connectivity index (χ3v) is 6.20. The molecule has 0 saturated carbocycles. The minimum absolute atomic E-state index is 0.0713. The van der Waals surface area contributed by atoms with Crippen LogP contribution in [0.15, 0.2) is 24.3 Å². The van der Waals surface area contributed by atoms with E-state index in [0.29, 0.717) is 56.0 Å². The van der Waals surface area contributed by atoms with Crippen molar-refractivity contribution in [3.05, 3.63) is 24.3 Å². The lowest BCUT2D eigenvalue weighted by molar-refractivity contribution is 0.0897. The summed E-state index contributed by atoms with van der Waals surface area (Å²) in [5.74, 6) is 2.03. The first-order valence-electron chi connectivity index (χ1n) is 11.7. The molecular weight excluding hydrogens is 422 g/mol. The van der Waals surface area contributed by atoms with Gasteiger partial charge in [-0.25, -0.2) is 4.79 Å². The number of nitrogens with one attached hydrogen (secondary N) is 2. The number of benzene rings is 1. The summed E-state index contributed by atoms with van der Waals surface area (Å²) in [6, 6.07) is 8.06. The fourth-order valence-electron chi connectivity index (χ4n) is 4.59. The average molecular weight is 454 g/mol. The molecular formula is C23H31N7O3. The van der Waals surface area contributed by atoms with E-state index in [1.54, 1.807) is 0 Å². The third-order valence-electron chi connectivity index (χ3n) is 6.20. The first-order valence-corrected chi connectivity index (χ1v) is 11.7. The van der Waals surface area contributed by atoms with Gasteiger partial charge >= 0.3 is 6.03 Å². The van der Waals surface area contributed by atoms with Gasteiger partial charge in [-0.2, -0.15) is 15.0 Å². The lowest BCUT2D eigenvalue weighted by Crippen LogP contribution is -2.47. The molecule has 2 bridgehead atoms. The van der Waals surface area contributed by atoms with Crippen LogP contribution in [0.5, 0.6) is 0 Å². The van der Waals surface area contributed by atoms with Crippen molar-refractivity contribution in [2.24, 2.45) is 0 Å². The number of aromatic nitrogens is 3. The Bertz CT molecular complexity index is 963. The third kappa shape index (κ3) is 4.86. The second kappa shape index (κ2) is 9.48.